The number of hydrogen-bond acceptors (Lipinski definition) is 3. The maximum Gasteiger partial charge on any atom is 0.100 e. The molecule has 0 heterocycles. The second kappa shape index (κ2) is 6.56. The summed E-state index contributed by atoms with van der Waals surface area (Å²) in [4.78, 5) is 0. The highest BCUT2D eigenvalue weighted by molar-refractivity contribution is 5.17. The van der Waals surface area contributed by atoms with Crippen molar-refractivity contribution in [3.63, 3.8) is 0 Å². The van der Waals surface area contributed by atoms with Gasteiger partial charge >= 0.3 is 0 Å². The first-order chi connectivity index (χ1) is 7.27. The maximum atomic E-state index is 9.17. The topological polar surface area (TPSA) is 49.7 Å². The van der Waals surface area contributed by atoms with Crippen molar-refractivity contribution >= 4 is 0 Å². The van der Waals surface area contributed by atoms with Crippen molar-refractivity contribution in [3.8, 4) is 0 Å². The fraction of sp³-hybridized carbons (Fsp3) is 0.500. The van der Waals surface area contributed by atoms with E-state index < -0.39 is 6.10 Å². The van der Waals surface area contributed by atoms with Gasteiger partial charge in [0, 0.05) is 0 Å². The minimum atomic E-state index is -0.789. The van der Waals surface area contributed by atoms with Crippen LogP contribution in [0.4, 0.5) is 0 Å². The van der Waals surface area contributed by atoms with E-state index in [0.717, 1.165) is 12.0 Å². The van der Waals surface area contributed by atoms with Crippen LogP contribution in [-0.2, 0) is 4.74 Å². The highest BCUT2D eigenvalue weighted by atomic mass is 16.5. The SMILES string of the molecule is CCC(OCC(O)CO)c1ccccc1. The molecule has 0 radical (unpaired) electrons. The molecule has 0 fully saturated rings. The van der Waals surface area contributed by atoms with E-state index in [4.69, 9.17) is 9.84 Å². The third-order valence-electron chi connectivity index (χ3n) is 2.24. The molecular weight excluding hydrogens is 192 g/mol. The Morgan fingerprint density at radius 3 is 2.47 bits per heavy atom. The summed E-state index contributed by atoms with van der Waals surface area (Å²) in [5, 5.41) is 17.8. The van der Waals surface area contributed by atoms with Crippen LogP contribution in [0.1, 0.15) is 25.0 Å². The van der Waals surface area contributed by atoms with Gasteiger partial charge in [0.2, 0.25) is 0 Å². The second-order valence-electron chi connectivity index (χ2n) is 3.48. The van der Waals surface area contributed by atoms with E-state index in [9.17, 15) is 5.11 Å². The predicted octanol–water partition coefficient (Wildman–Crippen LogP) is 1.51. The van der Waals surface area contributed by atoms with Crippen molar-refractivity contribution < 1.29 is 14.9 Å². The molecule has 15 heavy (non-hydrogen) atoms. The quantitative estimate of drug-likeness (QED) is 0.748. The summed E-state index contributed by atoms with van der Waals surface area (Å²) in [5.74, 6) is 0. The van der Waals surface area contributed by atoms with Gasteiger partial charge in [-0.3, -0.25) is 0 Å². The van der Waals surface area contributed by atoms with Gasteiger partial charge in [0.05, 0.1) is 19.3 Å². The Balaban J connectivity index is 2.50. The largest absolute Gasteiger partial charge is 0.394 e. The van der Waals surface area contributed by atoms with Crippen LogP contribution in [0.2, 0.25) is 0 Å². The van der Waals surface area contributed by atoms with E-state index in [2.05, 4.69) is 0 Å². The molecule has 2 unspecified atom stereocenters. The predicted molar refractivity (Wildman–Crippen MR) is 58.5 cm³/mol. The summed E-state index contributed by atoms with van der Waals surface area (Å²) in [6.45, 7) is 1.94. The molecule has 2 N–H and O–H groups in total. The van der Waals surface area contributed by atoms with Gasteiger partial charge in [0.15, 0.2) is 0 Å². The molecular formula is C12H18O3. The normalized spacial score (nSPS) is 14.9. The number of aliphatic hydroxyl groups is 2. The van der Waals surface area contributed by atoms with E-state index >= 15 is 0 Å². The van der Waals surface area contributed by atoms with Crippen molar-refractivity contribution in [3.05, 3.63) is 35.9 Å². The van der Waals surface area contributed by atoms with Gasteiger partial charge < -0.3 is 14.9 Å². The van der Waals surface area contributed by atoms with Crippen LogP contribution in [0.5, 0.6) is 0 Å². The molecule has 0 bridgehead atoms. The summed E-state index contributed by atoms with van der Waals surface area (Å²) in [6.07, 6.45) is 0.0532. The van der Waals surface area contributed by atoms with Crippen LogP contribution >= 0.6 is 0 Å². The van der Waals surface area contributed by atoms with Gasteiger partial charge in [-0.1, -0.05) is 37.3 Å². The zero-order chi connectivity index (χ0) is 11.1. The van der Waals surface area contributed by atoms with E-state index in [1.54, 1.807) is 0 Å². The summed E-state index contributed by atoms with van der Waals surface area (Å²) in [5.41, 5.74) is 1.10. The molecule has 2 atom stereocenters. The molecule has 0 aliphatic rings. The Bertz CT molecular complexity index is 261. The average molecular weight is 210 g/mol. The molecule has 3 nitrogen and oxygen atoms in total. The van der Waals surface area contributed by atoms with Crippen LogP contribution in [-0.4, -0.2) is 29.5 Å². The Labute approximate surface area is 90.3 Å². The molecule has 0 saturated carbocycles. The highest BCUT2D eigenvalue weighted by Gasteiger charge is 2.11. The lowest BCUT2D eigenvalue weighted by molar-refractivity contribution is -0.0308. The number of rotatable bonds is 6. The lowest BCUT2D eigenvalue weighted by Gasteiger charge is -2.18. The highest BCUT2D eigenvalue weighted by Crippen LogP contribution is 2.20. The molecule has 0 spiro atoms. The van der Waals surface area contributed by atoms with Crippen LogP contribution < -0.4 is 0 Å². The summed E-state index contributed by atoms with van der Waals surface area (Å²) in [7, 11) is 0. The summed E-state index contributed by atoms with van der Waals surface area (Å²) in [6, 6.07) is 9.88. The molecule has 0 amide bonds. The minimum absolute atomic E-state index is 0.00704. The molecule has 3 heteroatoms. The molecule has 84 valence electrons. The van der Waals surface area contributed by atoms with Gasteiger partial charge in [-0.15, -0.1) is 0 Å². The molecule has 1 rings (SSSR count). The van der Waals surface area contributed by atoms with Crippen molar-refractivity contribution in [2.45, 2.75) is 25.6 Å². The van der Waals surface area contributed by atoms with E-state index in [1.807, 2.05) is 37.3 Å². The molecule has 0 aliphatic heterocycles. The van der Waals surface area contributed by atoms with E-state index in [0.29, 0.717) is 0 Å². The standard InChI is InChI=1S/C12H18O3/c1-2-12(15-9-11(14)8-13)10-6-4-3-5-7-10/h3-7,11-14H,2,8-9H2,1H3. The number of benzene rings is 1. The second-order valence-corrected chi connectivity index (χ2v) is 3.48. The first kappa shape index (κ1) is 12.2. The lowest BCUT2D eigenvalue weighted by Crippen LogP contribution is -2.21. The monoisotopic (exact) mass is 210 g/mol. The first-order valence-corrected chi connectivity index (χ1v) is 5.23. The number of ether oxygens (including phenoxy) is 1. The van der Waals surface area contributed by atoms with E-state index in [1.165, 1.54) is 0 Å². The third kappa shape index (κ3) is 4.00. The average Bonchev–Trinajstić information content (AvgIpc) is 2.31. The van der Waals surface area contributed by atoms with Crippen LogP contribution in [0, 0.1) is 0 Å². The van der Waals surface area contributed by atoms with Gasteiger partial charge in [-0.25, -0.2) is 0 Å². The Morgan fingerprint density at radius 2 is 1.93 bits per heavy atom. The third-order valence-corrected chi connectivity index (χ3v) is 2.24. The first-order valence-electron chi connectivity index (χ1n) is 5.23. The van der Waals surface area contributed by atoms with Gasteiger partial charge in [0.1, 0.15) is 6.10 Å². The molecule has 1 aromatic rings. The zero-order valence-corrected chi connectivity index (χ0v) is 8.97. The summed E-state index contributed by atoms with van der Waals surface area (Å²) < 4.78 is 5.52. The van der Waals surface area contributed by atoms with Gasteiger partial charge in [-0.05, 0) is 12.0 Å². The Morgan fingerprint density at radius 1 is 1.27 bits per heavy atom. The Kier molecular flexibility index (Phi) is 5.32. The number of hydrogen-bond donors (Lipinski definition) is 2. The fourth-order valence-corrected chi connectivity index (χ4v) is 1.40. The molecule has 0 aromatic heterocycles. The Hall–Kier alpha value is -0.900. The van der Waals surface area contributed by atoms with Crippen molar-refractivity contribution in [1.82, 2.24) is 0 Å². The zero-order valence-electron chi connectivity index (χ0n) is 8.97. The molecule has 0 aliphatic carbocycles. The van der Waals surface area contributed by atoms with Crippen LogP contribution in [0.25, 0.3) is 0 Å². The number of aliphatic hydroxyl groups excluding tert-OH is 2. The van der Waals surface area contributed by atoms with Gasteiger partial charge in [0.25, 0.3) is 0 Å². The van der Waals surface area contributed by atoms with E-state index in [-0.39, 0.29) is 19.3 Å². The minimum Gasteiger partial charge on any atom is -0.394 e. The maximum absolute atomic E-state index is 9.17. The van der Waals surface area contributed by atoms with Crippen molar-refractivity contribution in [2.24, 2.45) is 0 Å². The summed E-state index contributed by atoms with van der Waals surface area (Å²) >= 11 is 0. The molecule has 1 aromatic carbocycles. The van der Waals surface area contributed by atoms with Crippen molar-refractivity contribution in [2.75, 3.05) is 13.2 Å². The smallest absolute Gasteiger partial charge is 0.100 e. The van der Waals surface area contributed by atoms with Crippen LogP contribution in [0.15, 0.2) is 30.3 Å². The van der Waals surface area contributed by atoms with Crippen LogP contribution in [0.3, 0.4) is 0 Å². The fourth-order valence-electron chi connectivity index (χ4n) is 1.40. The van der Waals surface area contributed by atoms with Crippen molar-refractivity contribution in [1.29, 1.82) is 0 Å². The lowest BCUT2D eigenvalue weighted by atomic mass is 10.1. The van der Waals surface area contributed by atoms with Gasteiger partial charge in [-0.2, -0.15) is 0 Å². The molecule has 0 saturated heterocycles.